The van der Waals surface area contributed by atoms with Gasteiger partial charge in [0.15, 0.2) is 0 Å². The van der Waals surface area contributed by atoms with Gasteiger partial charge >= 0.3 is 0 Å². The highest BCUT2D eigenvalue weighted by Gasteiger charge is 2.34. The summed E-state index contributed by atoms with van der Waals surface area (Å²) in [4.78, 5) is 39.0. The standard InChI is InChI=1S/C27H26N2O4/c1-18(2)33-17-22-8-4-3-7-21(22)15-28-25(30)20-13-11-19(12-14-20)16-29-26(31)23-9-5-6-10-24(23)27(29)32/h3-14,18H,15-17H2,1-2H3,(H,28,30). The molecule has 1 aliphatic rings. The van der Waals surface area contributed by atoms with Crippen LogP contribution in [0.15, 0.2) is 72.8 Å². The first-order chi connectivity index (χ1) is 15.9. The molecule has 0 bridgehead atoms. The van der Waals surface area contributed by atoms with Crippen LogP contribution >= 0.6 is 0 Å². The molecule has 0 aliphatic carbocycles. The zero-order valence-corrected chi connectivity index (χ0v) is 18.7. The van der Waals surface area contributed by atoms with Gasteiger partial charge in [-0.1, -0.05) is 48.5 Å². The fraction of sp³-hybridized carbons (Fsp3) is 0.222. The van der Waals surface area contributed by atoms with Gasteiger partial charge in [0.25, 0.3) is 17.7 Å². The number of nitrogens with zero attached hydrogens (tertiary/aromatic N) is 1. The van der Waals surface area contributed by atoms with Crippen molar-refractivity contribution in [3.63, 3.8) is 0 Å². The van der Waals surface area contributed by atoms with E-state index in [0.29, 0.717) is 29.8 Å². The van der Waals surface area contributed by atoms with Crippen LogP contribution in [0.1, 0.15) is 61.6 Å². The zero-order chi connectivity index (χ0) is 23.4. The lowest BCUT2D eigenvalue weighted by Gasteiger charge is -2.14. The monoisotopic (exact) mass is 442 g/mol. The van der Waals surface area contributed by atoms with Crippen molar-refractivity contribution in [2.45, 2.75) is 39.6 Å². The number of hydrogen-bond acceptors (Lipinski definition) is 4. The van der Waals surface area contributed by atoms with E-state index in [1.54, 1.807) is 48.5 Å². The topological polar surface area (TPSA) is 75.7 Å². The molecule has 3 aromatic carbocycles. The van der Waals surface area contributed by atoms with Crippen LogP contribution in [0.3, 0.4) is 0 Å². The van der Waals surface area contributed by atoms with E-state index >= 15 is 0 Å². The van der Waals surface area contributed by atoms with Crippen molar-refractivity contribution in [2.24, 2.45) is 0 Å². The van der Waals surface area contributed by atoms with Crippen molar-refractivity contribution in [3.8, 4) is 0 Å². The Balaban J connectivity index is 1.37. The van der Waals surface area contributed by atoms with E-state index in [9.17, 15) is 14.4 Å². The maximum atomic E-state index is 12.6. The summed E-state index contributed by atoms with van der Waals surface area (Å²) >= 11 is 0. The van der Waals surface area contributed by atoms with Gasteiger partial charge in [0.05, 0.1) is 30.4 Å². The lowest BCUT2D eigenvalue weighted by atomic mass is 10.1. The van der Waals surface area contributed by atoms with Gasteiger partial charge in [0.1, 0.15) is 0 Å². The Hall–Kier alpha value is -3.77. The molecule has 168 valence electrons. The van der Waals surface area contributed by atoms with Crippen LogP contribution in [0.4, 0.5) is 0 Å². The number of carbonyl (C=O) groups excluding carboxylic acids is 3. The first-order valence-electron chi connectivity index (χ1n) is 10.9. The summed E-state index contributed by atoms with van der Waals surface area (Å²) in [7, 11) is 0. The molecule has 6 heteroatoms. The number of imide groups is 1. The molecule has 0 atom stereocenters. The van der Waals surface area contributed by atoms with Crippen LogP contribution in [0.25, 0.3) is 0 Å². The van der Waals surface area contributed by atoms with Crippen molar-refractivity contribution in [2.75, 3.05) is 0 Å². The molecule has 33 heavy (non-hydrogen) atoms. The van der Waals surface area contributed by atoms with Crippen LogP contribution in [0.5, 0.6) is 0 Å². The first kappa shape index (κ1) is 22.4. The lowest BCUT2D eigenvalue weighted by Crippen LogP contribution is -2.29. The predicted octanol–water partition coefficient (Wildman–Crippen LogP) is 4.34. The number of hydrogen-bond donors (Lipinski definition) is 1. The zero-order valence-electron chi connectivity index (χ0n) is 18.7. The van der Waals surface area contributed by atoms with Gasteiger partial charge < -0.3 is 10.1 Å². The molecule has 3 amide bonds. The van der Waals surface area contributed by atoms with Gasteiger partial charge in [-0.05, 0) is 54.8 Å². The molecule has 1 aliphatic heterocycles. The highest BCUT2D eigenvalue weighted by molar-refractivity contribution is 6.21. The fourth-order valence-corrected chi connectivity index (χ4v) is 3.73. The third-order valence-corrected chi connectivity index (χ3v) is 5.56. The van der Waals surface area contributed by atoms with Gasteiger partial charge in [-0.3, -0.25) is 19.3 Å². The number of fused-ring (bicyclic) bond motifs is 1. The van der Waals surface area contributed by atoms with Crippen LogP contribution in [-0.4, -0.2) is 28.7 Å². The van der Waals surface area contributed by atoms with Gasteiger partial charge in [0, 0.05) is 12.1 Å². The summed E-state index contributed by atoms with van der Waals surface area (Å²) in [6.45, 7) is 5.03. The minimum atomic E-state index is -0.294. The van der Waals surface area contributed by atoms with Crippen molar-refractivity contribution >= 4 is 17.7 Å². The summed E-state index contributed by atoms with van der Waals surface area (Å²) in [5, 5.41) is 2.95. The Morgan fingerprint density at radius 2 is 1.42 bits per heavy atom. The molecular formula is C27H26N2O4. The average molecular weight is 443 g/mol. The van der Waals surface area contributed by atoms with Gasteiger partial charge in [-0.25, -0.2) is 0 Å². The Kier molecular flexibility index (Phi) is 6.66. The molecule has 1 heterocycles. The molecule has 0 aromatic heterocycles. The van der Waals surface area contributed by atoms with Crippen LogP contribution in [-0.2, 0) is 24.4 Å². The third kappa shape index (κ3) is 5.02. The number of ether oxygens (including phenoxy) is 1. The van der Waals surface area contributed by atoms with E-state index in [4.69, 9.17) is 4.74 Å². The Morgan fingerprint density at radius 1 is 0.848 bits per heavy atom. The number of benzene rings is 3. The van der Waals surface area contributed by atoms with Gasteiger partial charge in [-0.2, -0.15) is 0 Å². The molecule has 0 fully saturated rings. The largest absolute Gasteiger partial charge is 0.374 e. The van der Waals surface area contributed by atoms with E-state index in [2.05, 4.69) is 5.32 Å². The molecule has 0 spiro atoms. The van der Waals surface area contributed by atoms with Crippen LogP contribution in [0, 0.1) is 0 Å². The number of amides is 3. The second-order valence-corrected chi connectivity index (χ2v) is 8.25. The minimum Gasteiger partial charge on any atom is -0.374 e. The molecule has 1 N–H and O–H groups in total. The Morgan fingerprint density at radius 3 is 2.03 bits per heavy atom. The van der Waals surface area contributed by atoms with Gasteiger partial charge in [0.2, 0.25) is 0 Å². The lowest BCUT2D eigenvalue weighted by molar-refractivity contribution is 0.0640. The third-order valence-electron chi connectivity index (χ3n) is 5.56. The minimum absolute atomic E-state index is 0.131. The van der Waals surface area contributed by atoms with E-state index in [0.717, 1.165) is 16.7 Å². The molecule has 6 nitrogen and oxygen atoms in total. The predicted molar refractivity (Wildman–Crippen MR) is 125 cm³/mol. The van der Waals surface area contributed by atoms with E-state index in [1.165, 1.54) is 4.90 Å². The maximum Gasteiger partial charge on any atom is 0.261 e. The Labute approximate surface area is 193 Å². The van der Waals surface area contributed by atoms with Crippen molar-refractivity contribution in [1.82, 2.24) is 10.2 Å². The molecular weight excluding hydrogens is 416 g/mol. The van der Waals surface area contributed by atoms with Crippen LogP contribution < -0.4 is 5.32 Å². The number of rotatable bonds is 8. The summed E-state index contributed by atoms with van der Waals surface area (Å²) < 4.78 is 5.70. The van der Waals surface area contributed by atoms with Crippen LogP contribution in [0.2, 0.25) is 0 Å². The summed E-state index contributed by atoms with van der Waals surface area (Å²) in [6.07, 6.45) is 0.131. The van der Waals surface area contributed by atoms with Crippen molar-refractivity contribution in [1.29, 1.82) is 0 Å². The smallest absolute Gasteiger partial charge is 0.261 e. The van der Waals surface area contributed by atoms with Crippen molar-refractivity contribution in [3.05, 3.63) is 106 Å². The fourth-order valence-electron chi connectivity index (χ4n) is 3.73. The maximum absolute atomic E-state index is 12.6. The van der Waals surface area contributed by atoms with Crippen molar-refractivity contribution < 1.29 is 19.1 Å². The SMILES string of the molecule is CC(C)OCc1ccccc1CNC(=O)c1ccc(CN2C(=O)c3ccccc3C2=O)cc1. The van der Waals surface area contributed by atoms with E-state index in [-0.39, 0.29) is 30.4 Å². The number of nitrogens with one attached hydrogen (secondary N) is 1. The molecule has 4 rings (SSSR count). The van der Waals surface area contributed by atoms with E-state index in [1.807, 2.05) is 38.1 Å². The summed E-state index contributed by atoms with van der Waals surface area (Å²) in [5.74, 6) is -0.781. The summed E-state index contributed by atoms with van der Waals surface area (Å²) in [6, 6.07) is 21.6. The Bertz CT molecular complexity index is 1150. The first-order valence-corrected chi connectivity index (χ1v) is 10.9. The second kappa shape index (κ2) is 9.79. The molecule has 0 unspecified atom stereocenters. The quantitative estimate of drug-likeness (QED) is 0.527. The highest BCUT2D eigenvalue weighted by Crippen LogP contribution is 2.24. The van der Waals surface area contributed by atoms with E-state index < -0.39 is 0 Å². The van der Waals surface area contributed by atoms with Gasteiger partial charge in [-0.15, -0.1) is 0 Å². The summed E-state index contributed by atoms with van der Waals surface area (Å²) in [5.41, 5.74) is 4.20. The highest BCUT2D eigenvalue weighted by atomic mass is 16.5. The normalized spacial score (nSPS) is 12.9. The molecule has 0 saturated heterocycles. The second-order valence-electron chi connectivity index (χ2n) is 8.25. The molecule has 0 saturated carbocycles. The molecule has 0 radical (unpaired) electrons. The number of carbonyl (C=O) groups is 3. The molecule has 3 aromatic rings. The average Bonchev–Trinajstić information content (AvgIpc) is 3.07.